The summed E-state index contributed by atoms with van der Waals surface area (Å²) in [6.45, 7) is 1.69. The van der Waals surface area contributed by atoms with Gasteiger partial charge in [0.15, 0.2) is 9.84 Å². The lowest BCUT2D eigenvalue weighted by molar-refractivity contribution is 0.203. The van der Waals surface area contributed by atoms with E-state index in [1.807, 2.05) is 0 Å². The number of hydrogen-bond acceptors (Lipinski definition) is 5. The minimum Gasteiger partial charge on any atom is -0.388 e. The van der Waals surface area contributed by atoms with Gasteiger partial charge in [-0.05, 0) is 19.8 Å². The fraction of sp³-hybridized carbons (Fsp3) is 0.727. The van der Waals surface area contributed by atoms with E-state index in [4.69, 9.17) is 0 Å². The van der Waals surface area contributed by atoms with Crippen molar-refractivity contribution in [3.8, 4) is 0 Å². The molecule has 0 radical (unpaired) electrons. The highest BCUT2D eigenvalue weighted by Gasteiger charge is 2.29. The number of hydrogen-bond donors (Lipinski definition) is 1. The topological polar surface area (TPSA) is 67.3 Å². The number of aliphatic hydroxyl groups excluding tert-OH is 1. The van der Waals surface area contributed by atoms with Crippen molar-refractivity contribution >= 4 is 21.2 Å². The summed E-state index contributed by atoms with van der Waals surface area (Å²) in [5.41, 5.74) is 0. The number of rotatable bonds is 3. The molecule has 1 saturated heterocycles. The monoisotopic (exact) mass is 275 g/mol. The number of thiazole rings is 1. The van der Waals surface area contributed by atoms with Crippen LogP contribution in [0.5, 0.6) is 0 Å². The Hall–Kier alpha value is -0.460. The van der Waals surface area contributed by atoms with Gasteiger partial charge in [-0.1, -0.05) is 6.42 Å². The highest BCUT2D eigenvalue weighted by Crippen LogP contribution is 2.26. The molecule has 0 aromatic carbocycles. The lowest BCUT2D eigenvalue weighted by Gasteiger charge is -2.21. The summed E-state index contributed by atoms with van der Waals surface area (Å²) in [7, 11) is -2.93. The predicted molar refractivity (Wildman–Crippen MR) is 67.9 cm³/mol. The van der Waals surface area contributed by atoms with E-state index in [2.05, 4.69) is 4.98 Å². The van der Waals surface area contributed by atoms with Crippen molar-refractivity contribution in [3.63, 3.8) is 0 Å². The van der Waals surface area contributed by atoms with Gasteiger partial charge in [0, 0.05) is 12.6 Å². The first kappa shape index (κ1) is 13.0. The molecule has 6 heteroatoms. The molecule has 1 aromatic heterocycles. The van der Waals surface area contributed by atoms with Crippen LogP contribution in [0.25, 0.3) is 0 Å². The molecule has 1 N–H and O–H groups in total. The second-order valence-electron chi connectivity index (χ2n) is 4.52. The Labute approximate surface area is 106 Å². The molecular weight excluding hydrogens is 258 g/mol. The van der Waals surface area contributed by atoms with Crippen molar-refractivity contribution in [1.82, 2.24) is 4.98 Å². The third-order valence-electron chi connectivity index (χ3n) is 3.10. The lowest BCUT2D eigenvalue weighted by atomic mass is 10.1. The molecule has 0 spiro atoms. The summed E-state index contributed by atoms with van der Waals surface area (Å²) in [5, 5.41) is 9.94. The van der Waals surface area contributed by atoms with Crippen molar-refractivity contribution in [2.24, 2.45) is 0 Å². The van der Waals surface area contributed by atoms with Crippen LogP contribution in [-0.2, 0) is 16.3 Å². The van der Waals surface area contributed by atoms with Gasteiger partial charge in [0.1, 0.15) is 0 Å². The molecule has 1 aliphatic rings. The van der Waals surface area contributed by atoms with Crippen LogP contribution in [-0.4, -0.2) is 29.5 Å². The van der Waals surface area contributed by atoms with Crippen LogP contribution < -0.4 is 0 Å². The second-order valence-corrected chi connectivity index (χ2v) is 8.07. The smallest absolute Gasteiger partial charge is 0.153 e. The normalized spacial score (nSPS) is 25.6. The van der Waals surface area contributed by atoms with Crippen LogP contribution in [0, 0.1) is 0 Å². The first-order valence-corrected chi connectivity index (χ1v) is 8.36. The number of aromatic nitrogens is 1. The standard InChI is InChI=1S/C11H17NO3S2/c1-8(13)10-7-12-11(16-10)6-9-4-2-3-5-17(9,14)15/h7-9,13H,2-6H2,1H3. The van der Waals surface area contributed by atoms with Crippen molar-refractivity contribution in [3.05, 3.63) is 16.1 Å². The fourth-order valence-corrected chi connectivity index (χ4v) is 4.98. The molecule has 17 heavy (non-hydrogen) atoms. The Morgan fingerprint density at radius 2 is 2.35 bits per heavy atom. The van der Waals surface area contributed by atoms with Crippen LogP contribution >= 0.6 is 11.3 Å². The van der Waals surface area contributed by atoms with E-state index in [0.29, 0.717) is 12.2 Å². The molecule has 0 amide bonds. The average Bonchev–Trinajstić information content (AvgIpc) is 2.70. The molecule has 0 aliphatic carbocycles. The highest BCUT2D eigenvalue weighted by atomic mass is 32.2. The fourth-order valence-electron chi connectivity index (χ4n) is 2.06. The van der Waals surface area contributed by atoms with Crippen molar-refractivity contribution in [2.45, 2.75) is 44.0 Å². The molecule has 2 atom stereocenters. The molecule has 1 aliphatic heterocycles. The van der Waals surface area contributed by atoms with E-state index in [-0.39, 0.29) is 5.25 Å². The average molecular weight is 275 g/mol. The molecule has 0 bridgehead atoms. The Morgan fingerprint density at radius 3 is 2.94 bits per heavy atom. The Kier molecular flexibility index (Phi) is 3.85. The van der Waals surface area contributed by atoms with Crippen molar-refractivity contribution < 1.29 is 13.5 Å². The Morgan fingerprint density at radius 1 is 1.59 bits per heavy atom. The maximum atomic E-state index is 11.9. The van der Waals surface area contributed by atoms with Gasteiger partial charge >= 0.3 is 0 Å². The van der Waals surface area contributed by atoms with Gasteiger partial charge in [-0.2, -0.15) is 0 Å². The summed E-state index contributed by atoms with van der Waals surface area (Å²) in [4.78, 5) is 4.99. The van der Waals surface area contributed by atoms with Crippen LogP contribution in [0.4, 0.5) is 0 Å². The van der Waals surface area contributed by atoms with Crippen LogP contribution in [0.3, 0.4) is 0 Å². The Bertz CT molecular complexity index is 479. The molecule has 2 heterocycles. The van der Waals surface area contributed by atoms with Gasteiger partial charge in [0.2, 0.25) is 0 Å². The number of aliphatic hydroxyl groups is 1. The van der Waals surface area contributed by atoms with Crippen LogP contribution in [0.1, 0.15) is 42.2 Å². The quantitative estimate of drug-likeness (QED) is 0.912. The number of sulfone groups is 1. The minimum atomic E-state index is -2.93. The van der Waals surface area contributed by atoms with E-state index in [9.17, 15) is 13.5 Å². The van der Waals surface area contributed by atoms with E-state index >= 15 is 0 Å². The van der Waals surface area contributed by atoms with Gasteiger partial charge in [-0.25, -0.2) is 13.4 Å². The first-order chi connectivity index (χ1) is 7.99. The maximum Gasteiger partial charge on any atom is 0.153 e. The van der Waals surface area contributed by atoms with Gasteiger partial charge < -0.3 is 5.11 Å². The number of nitrogens with zero attached hydrogens (tertiary/aromatic N) is 1. The second kappa shape index (κ2) is 5.04. The van der Waals surface area contributed by atoms with Gasteiger partial charge in [0.05, 0.1) is 27.0 Å². The summed E-state index contributed by atoms with van der Waals surface area (Å²) in [5.74, 6) is 0.312. The zero-order valence-corrected chi connectivity index (χ0v) is 11.4. The van der Waals surface area contributed by atoms with Gasteiger partial charge in [-0.3, -0.25) is 0 Å². The molecule has 96 valence electrons. The molecule has 2 rings (SSSR count). The van der Waals surface area contributed by atoms with Gasteiger partial charge in [-0.15, -0.1) is 11.3 Å². The summed E-state index contributed by atoms with van der Waals surface area (Å²) in [6.07, 6.45) is 4.13. The molecular formula is C11H17NO3S2. The zero-order chi connectivity index (χ0) is 12.5. The maximum absolute atomic E-state index is 11.9. The first-order valence-electron chi connectivity index (χ1n) is 5.83. The van der Waals surface area contributed by atoms with Gasteiger partial charge in [0.25, 0.3) is 0 Å². The summed E-state index contributed by atoms with van der Waals surface area (Å²) in [6, 6.07) is 0. The third-order valence-corrected chi connectivity index (χ3v) is 6.56. The Balaban J connectivity index is 2.09. The van der Waals surface area contributed by atoms with E-state index < -0.39 is 15.9 Å². The van der Waals surface area contributed by atoms with Crippen molar-refractivity contribution in [2.75, 3.05) is 5.75 Å². The summed E-state index contributed by atoms with van der Waals surface area (Å²) < 4.78 is 23.7. The SMILES string of the molecule is CC(O)c1cnc(CC2CCCCS2(=O)=O)s1. The van der Waals surface area contributed by atoms with E-state index in [1.165, 1.54) is 11.3 Å². The predicted octanol–water partition coefficient (Wildman–Crippen LogP) is 1.71. The molecule has 1 fully saturated rings. The highest BCUT2D eigenvalue weighted by molar-refractivity contribution is 7.92. The van der Waals surface area contributed by atoms with E-state index in [0.717, 1.165) is 29.1 Å². The van der Waals surface area contributed by atoms with Crippen LogP contribution in [0.15, 0.2) is 6.20 Å². The molecule has 0 saturated carbocycles. The lowest BCUT2D eigenvalue weighted by Crippen LogP contribution is -2.30. The third kappa shape index (κ3) is 3.05. The van der Waals surface area contributed by atoms with Crippen molar-refractivity contribution in [1.29, 1.82) is 0 Å². The molecule has 2 unspecified atom stereocenters. The minimum absolute atomic E-state index is 0.274. The molecule has 4 nitrogen and oxygen atoms in total. The van der Waals surface area contributed by atoms with E-state index in [1.54, 1.807) is 13.1 Å². The molecule has 1 aromatic rings. The zero-order valence-electron chi connectivity index (χ0n) is 9.80. The largest absolute Gasteiger partial charge is 0.388 e. The van der Waals surface area contributed by atoms with Crippen LogP contribution in [0.2, 0.25) is 0 Å². The summed E-state index contributed by atoms with van der Waals surface area (Å²) >= 11 is 1.41.